The Morgan fingerprint density at radius 1 is 1.30 bits per heavy atom. The molecule has 0 amide bonds. The topological polar surface area (TPSA) is 42.4 Å². The predicted molar refractivity (Wildman–Crippen MR) is 123 cm³/mol. The lowest BCUT2D eigenvalue weighted by Gasteiger charge is -2.50. The van der Waals surface area contributed by atoms with Crippen LogP contribution in [0.2, 0.25) is 18.1 Å². The van der Waals surface area contributed by atoms with Crippen LogP contribution in [0.4, 0.5) is 0 Å². The number of fused-ring (bicyclic) bond motifs is 1. The molecule has 1 spiro atoms. The molecular weight excluding hydrogens is 465 g/mol. The lowest BCUT2D eigenvalue weighted by Crippen LogP contribution is -2.46. The summed E-state index contributed by atoms with van der Waals surface area (Å²) in [6.07, 6.45) is 6.28. The van der Waals surface area contributed by atoms with Gasteiger partial charge in [-0.3, -0.25) is 4.98 Å². The highest BCUT2D eigenvalue weighted by Crippen LogP contribution is 2.56. The number of aliphatic hydroxyl groups excluding tert-OH is 1. The van der Waals surface area contributed by atoms with Gasteiger partial charge in [0.25, 0.3) is 0 Å². The van der Waals surface area contributed by atoms with Gasteiger partial charge in [-0.2, -0.15) is 0 Å². The second-order valence-electron chi connectivity index (χ2n) is 10.6. The van der Waals surface area contributed by atoms with Gasteiger partial charge in [0, 0.05) is 26.1 Å². The lowest BCUT2D eigenvalue weighted by atomic mass is 9.60. The average Bonchev–Trinajstić information content (AvgIpc) is 2.50. The predicted octanol–water partition coefficient (Wildman–Crippen LogP) is 6.48. The van der Waals surface area contributed by atoms with Gasteiger partial charge in [0.1, 0.15) is 0 Å². The van der Waals surface area contributed by atoms with Crippen LogP contribution in [0.3, 0.4) is 0 Å². The minimum Gasteiger partial charge on any atom is -0.410 e. The number of halogens is 1. The highest BCUT2D eigenvalue weighted by atomic mass is 127. The van der Waals surface area contributed by atoms with Gasteiger partial charge in [-0.25, -0.2) is 0 Å². The molecule has 2 aliphatic rings. The quantitative estimate of drug-likeness (QED) is 0.379. The number of hydrogen-bond acceptors (Lipinski definition) is 3. The summed E-state index contributed by atoms with van der Waals surface area (Å²) < 4.78 is 8.19. The molecule has 0 bridgehead atoms. The molecule has 2 aliphatic carbocycles. The van der Waals surface area contributed by atoms with Crippen LogP contribution >= 0.6 is 22.6 Å². The molecule has 152 valence electrons. The SMILES string of the molecule is CC(C)c1nc2c(c(I)c1CO)[C@@H](O[Si](C)(C)C(C)(C)C)CC1(CCC1)C2. The zero-order chi connectivity index (χ0) is 20.2. The van der Waals surface area contributed by atoms with E-state index in [1.807, 2.05) is 0 Å². The van der Waals surface area contributed by atoms with E-state index >= 15 is 0 Å². The van der Waals surface area contributed by atoms with Crippen molar-refractivity contribution in [3.8, 4) is 0 Å². The van der Waals surface area contributed by atoms with Crippen molar-refractivity contribution in [2.75, 3.05) is 0 Å². The largest absolute Gasteiger partial charge is 0.410 e. The summed E-state index contributed by atoms with van der Waals surface area (Å²) in [5.41, 5.74) is 5.01. The number of aromatic nitrogens is 1. The summed E-state index contributed by atoms with van der Waals surface area (Å²) in [4.78, 5) is 5.13. The number of rotatable bonds is 4. The first-order chi connectivity index (χ1) is 12.4. The molecule has 1 aromatic heterocycles. The molecule has 1 heterocycles. The number of aliphatic hydroxyl groups is 1. The number of pyridine rings is 1. The Hall–Kier alpha value is 0.0169. The second kappa shape index (κ2) is 7.37. The van der Waals surface area contributed by atoms with Gasteiger partial charge < -0.3 is 9.53 Å². The van der Waals surface area contributed by atoms with Crippen LogP contribution in [0.25, 0.3) is 0 Å². The minimum atomic E-state index is -1.89. The standard InChI is InChI=1S/C22H36INO2Si/c1-14(2)20-15(13-25)19(23)18-16(24-20)11-22(9-8-10-22)12-17(18)26-27(6,7)21(3,4)5/h14,17,25H,8-13H2,1-7H3/t17-/m0/s1. The highest BCUT2D eigenvalue weighted by Gasteiger charge is 2.48. The summed E-state index contributed by atoms with van der Waals surface area (Å²) >= 11 is 2.45. The molecule has 3 rings (SSSR count). The van der Waals surface area contributed by atoms with Crippen molar-refractivity contribution >= 4 is 30.9 Å². The van der Waals surface area contributed by atoms with Crippen molar-refractivity contribution in [1.82, 2.24) is 4.98 Å². The van der Waals surface area contributed by atoms with Crippen LogP contribution in [0.5, 0.6) is 0 Å². The van der Waals surface area contributed by atoms with Gasteiger partial charge in [-0.15, -0.1) is 0 Å². The van der Waals surface area contributed by atoms with Crippen molar-refractivity contribution in [2.45, 2.75) is 103 Å². The Balaban J connectivity index is 2.11. The van der Waals surface area contributed by atoms with Crippen molar-refractivity contribution in [1.29, 1.82) is 0 Å². The average molecular weight is 502 g/mol. The summed E-state index contributed by atoms with van der Waals surface area (Å²) in [5, 5.41) is 10.3. The number of hydrogen-bond donors (Lipinski definition) is 1. The molecule has 0 unspecified atom stereocenters. The third kappa shape index (κ3) is 3.90. The first kappa shape index (κ1) is 21.7. The molecule has 0 aromatic carbocycles. The molecule has 0 aliphatic heterocycles. The first-order valence-electron chi connectivity index (χ1n) is 10.4. The normalized spacial score (nSPS) is 22.1. The van der Waals surface area contributed by atoms with E-state index in [0.717, 1.165) is 24.1 Å². The van der Waals surface area contributed by atoms with Gasteiger partial charge in [0.15, 0.2) is 8.32 Å². The van der Waals surface area contributed by atoms with Gasteiger partial charge >= 0.3 is 0 Å². The molecule has 27 heavy (non-hydrogen) atoms. The Kier molecular flexibility index (Phi) is 5.93. The van der Waals surface area contributed by atoms with Crippen molar-refractivity contribution < 1.29 is 9.53 Å². The molecule has 1 aromatic rings. The van der Waals surface area contributed by atoms with Crippen LogP contribution in [-0.4, -0.2) is 18.4 Å². The second-order valence-corrected chi connectivity index (χ2v) is 16.4. The van der Waals surface area contributed by atoms with Crippen molar-refractivity contribution in [3.63, 3.8) is 0 Å². The molecule has 0 saturated heterocycles. The summed E-state index contributed by atoms with van der Waals surface area (Å²) in [6, 6.07) is 0. The number of nitrogens with zero attached hydrogens (tertiary/aromatic N) is 1. The first-order valence-corrected chi connectivity index (χ1v) is 14.4. The third-order valence-electron chi connectivity index (χ3n) is 7.22. The monoisotopic (exact) mass is 501 g/mol. The summed E-state index contributed by atoms with van der Waals surface area (Å²) in [7, 11) is -1.89. The molecule has 3 nitrogen and oxygen atoms in total. The van der Waals surface area contributed by atoms with Crippen LogP contribution < -0.4 is 0 Å². The summed E-state index contributed by atoms with van der Waals surface area (Å²) in [6.45, 7) is 16.1. The lowest BCUT2D eigenvalue weighted by molar-refractivity contribution is 0.0293. The molecule has 1 saturated carbocycles. The fourth-order valence-corrected chi connectivity index (χ4v) is 6.75. The smallest absolute Gasteiger partial charge is 0.192 e. The van der Waals surface area contributed by atoms with E-state index in [2.05, 4.69) is 70.3 Å². The fraction of sp³-hybridized carbons (Fsp3) is 0.773. The van der Waals surface area contributed by atoms with E-state index in [-0.39, 0.29) is 17.7 Å². The Bertz CT molecular complexity index is 720. The molecule has 1 fully saturated rings. The Morgan fingerprint density at radius 3 is 2.37 bits per heavy atom. The minimum absolute atomic E-state index is 0.0595. The van der Waals surface area contributed by atoms with Gasteiger partial charge in [-0.05, 0) is 77.7 Å². The van der Waals surface area contributed by atoms with Crippen molar-refractivity contribution in [2.24, 2.45) is 5.41 Å². The van der Waals surface area contributed by atoms with Crippen molar-refractivity contribution in [3.05, 3.63) is 26.1 Å². The third-order valence-corrected chi connectivity index (χ3v) is 12.9. The maximum absolute atomic E-state index is 10.1. The zero-order valence-electron chi connectivity index (χ0n) is 18.1. The maximum atomic E-state index is 10.1. The molecule has 5 heteroatoms. The molecule has 0 radical (unpaired) electrons. The highest BCUT2D eigenvalue weighted by molar-refractivity contribution is 14.1. The van der Waals surface area contributed by atoms with E-state index < -0.39 is 8.32 Å². The molecule has 1 N–H and O–H groups in total. The van der Waals surface area contributed by atoms with Gasteiger partial charge in [0.2, 0.25) is 0 Å². The summed E-state index contributed by atoms with van der Waals surface area (Å²) in [5.74, 6) is 0.324. The van der Waals surface area contributed by atoms with E-state index in [0.29, 0.717) is 11.3 Å². The zero-order valence-corrected chi connectivity index (χ0v) is 21.2. The van der Waals surface area contributed by atoms with Gasteiger partial charge in [0.05, 0.1) is 12.7 Å². The maximum Gasteiger partial charge on any atom is 0.192 e. The Morgan fingerprint density at radius 2 is 1.93 bits per heavy atom. The fourth-order valence-electron chi connectivity index (χ4n) is 4.38. The van der Waals surface area contributed by atoms with Crippen LogP contribution in [0.1, 0.15) is 94.8 Å². The van der Waals surface area contributed by atoms with Crippen LogP contribution in [0.15, 0.2) is 0 Å². The molecular formula is C22H36INO2Si. The molecule has 1 atom stereocenters. The van der Waals surface area contributed by atoms with Crippen LogP contribution in [-0.2, 0) is 17.5 Å². The Labute approximate surface area is 180 Å². The van der Waals surface area contributed by atoms with E-state index in [1.54, 1.807) is 0 Å². The van der Waals surface area contributed by atoms with E-state index in [4.69, 9.17) is 9.41 Å². The van der Waals surface area contributed by atoms with Gasteiger partial charge in [-0.1, -0.05) is 41.0 Å². The van der Waals surface area contributed by atoms with E-state index in [1.165, 1.54) is 34.1 Å². The van der Waals surface area contributed by atoms with E-state index in [9.17, 15) is 5.11 Å². The van der Waals surface area contributed by atoms with Crippen LogP contribution in [0, 0.1) is 8.99 Å².